The minimum atomic E-state index is -3.16. The molecule has 4 rings (SSSR count). The Balaban J connectivity index is 1.40. The Morgan fingerprint density at radius 1 is 1.02 bits per heavy atom. The standard InChI is InChI=1S/C31H43N3O5S/c1-5-6-18-40(35,36)34-21-25-13-14-26(22-34)31(25)33(2)17-7-8-28(24-11-9-23(20-32)10-12-24)39-27-15-16-29(37-3)30(19-27)38-4/h9-12,15-16,19,25-26,28,31H,5-8,13-14,17-18,21-22H2,1-4H3. The first-order valence-electron chi connectivity index (χ1n) is 14.4. The summed E-state index contributed by atoms with van der Waals surface area (Å²) in [6.45, 7) is 4.23. The molecule has 1 aliphatic carbocycles. The SMILES string of the molecule is CCCCS(=O)(=O)N1CC2CCC(C1)C2N(C)CCCC(Oc1ccc(OC)c(OC)c1)c1ccc(C#N)cc1. The summed E-state index contributed by atoms with van der Waals surface area (Å²) in [5, 5.41) is 9.23. The number of benzene rings is 2. The van der Waals surface area contributed by atoms with Crippen LogP contribution in [0.15, 0.2) is 42.5 Å². The molecule has 2 bridgehead atoms. The van der Waals surface area contributed by atoms with Crippen LogP contribution in [0.5, 0.6) is 17.2 Å². The van der Waals surface area contributed by atoms with Gasteiger partial charge in [0, 0.05) is 25.2 Å². The molecule has 2 aromatic rings. The summed E-state index contributed by atoms with van der Waals surface area (Å²) in [5.41, 5.74) is 1.63. The van der Waals surface area contributed by atoms with Gasteiger partial charge in [-0.2, -0.15) is 5.26 Å². The van der Waals surface area contributed by atoms with Crippen molar-refractivity contribution in [2.75, 3.05) is 46.7 Å². The zero-order valence-corrected chi connectivity index (χ0v) is 25.0. The van der Waals surface area contributed by atoms with E-state index < -0.39 is 10.0 Å². The lowest BCUT2D eigenvalue weighted by atomic mass is 9.92. The first-order valence-corrected chi connectivity index (χ1v) is 16.0. The topological polar surface area (TPSA) is 92.1 Å². The van der Waals surface area contributed by atoms with E-state index in [0.29, 0.717) is 53.8 Å². The van der Waals surface area contributed by atoms with E-state index in [1.165, 1.54) is 0 Å². The minimum Gasteiger partial charge on any atom is -0.493 e. The molecular weight excluding hydrogens is 526 g/mol. The molecule has 9 heteroatoms. The van der Waals surface area contributed by atoms with Gasteiger partial charge in [0.15, 0.2) is 11.5 Å². The van der Waals surface area contributed by atoms with Crippen molar-refractivity contribution in [1.29, 1.82) is 5.26 Å². The van der Waals surface area contributed by atoms with Crippen LogP contribution >= 0.6 is 0 Å². The molecule has 40 heavy (non-hydrogen) atoms. The minimum absolute atomic E-state index is 0.193. The van der Waals surface area contributed by atoms with Gasteiger partial charge in [0.25, 0.3) is 0 Å². The van der Waals surface area contributed by atoms with Gasteiger partial charge < -0.3 is 19.1 Å². The zero-order valence-electron chi connectivity index (χ0n) is 24.2. The Kier molecular flexibility index (Phi) is 10.3. The molecule has 218 valence electrons. The Hall–Kier alpha value is -2.80. The van der Waals surface area contributed by atoms with Crippen molar-refractivity contribution < 1.29 is 22.6 Å². The van der Waals surface area contributed by atoms with Crippen LogP contribution < -0.4 is 14.2 Å². The highest BCUT2D eigenvalue weighted by Gasteiger charge is 2.46. The fourth-order valence-corrected chi connectivity index (χ4v) is 8.10. The van der Waals surface area contributed by atoms with Gasteiger partial charge in [-0.15, -0.1) is 0 Å². The molecule has 0 radical (unpaired) electrons. The first-order chi connectivity index (χ1) is 19.3. The second-order valence-corrected chi connectivity index (χ2v) is 13.1. The number of nitriles is 1. The summed E-state index contributed by atoms with van der Waals surface area (Å²) in [5.74, 6) is 2.98. The number of nitrogens with zero attached hydrogens (tertiary/aromatic N) is 3. The highest BCUT2D eigenvalue weighted by Crippen LogP contribution is 2.41. The third-order valence-electron chi connectivity index (χ3n) is 8.43. The number of rotatable bonds is 14. The summed E-state index contributed by atoms with van der Waals surface area (Å²) >= 11 is 0. The van der Waals surface area contributed by atoms with Crippen LogP contribution in [0.3, 0.4) is 0 Å². The summed E-state index contributed by atoms with van der Waals surface area (Å²) < 4.78 is 44.8. The maximum Gasteiger partial charge on any atom is 0.214 e. The monoisotopic (exact) mass is 569 g/mol. The van der Waals surface area contributed by atoms with Gasteiger partial charge >= 0.3 is 0 Å². The third kappa shape index (κ3) is 7.09. The number of methoxy groups -OCH3 is 2. The Morgan fingerprint density at radius 3 is 2.30 bits per heavy atom. The van der Waals surface area contributed by atoms with Crippen LogP contribution in [-0.4, -0.2) is 70.3 Å². The first kappa shape index (κ1) is 30.2. The predicted octanol–water partition coefficient (Wildman–Crippen LogP) is 5.25. The van der Waals surface area contributed by atoms with Crippen molar-refractivity contribution in [3.63, 3.8) is 0 Å². The molecule has 3 atom stereocenters. The molecule has 2 aromatic carbocycles. The molecule has 8 nitrogen and oxygen atoms in total. The summed E-state index contributed by atoms with van der Waals surface area (Å²) in [6, 6.07) is 15.7. The van der Waals surface area contributed by atoms with Crippen LogP contribution in [-0.2, 0) is 10.0 Å². The lowest BCUT2D eigenvalue weighted by molar-refractivity contribution is 0.0922. The summed E-state index contributed by atoms with van der Waals surface area (Å²) in [6.07, 6.45) is 5.33. The van der Waals surface area contributed by atoms with E-state index in [1.807, 2.05) is 49.4 Å². The maximum atomic E-state index is 12.9. The zero-order chi connectivity index (χ0) is 28.7. The molecule has 3 unspecified atom stereocenters. The number of fused-ring (bicyclic) bond motifs is 2. The van der Waals surface area contributed by atoms with Crippen LogP contribution in [0, 0.1) is 23.2 Å². The normalized spacial score (nSPS) is 21.6. The van der Waals surface area contributed by atoms with Crippen molar-refractivity contribution in [3.05, 3.63) is 53.6 Å². The van der Waals surface area contributed by atoms with Crippen molar-refractivity contribution in [1.82, 2.24) is 9.21 Å². The van der Waals surface area contributed by atoms with E-state index in [4.69, 9.17) is 14.2 Å². The number of hydrogen-bond donors (Lipinski definition) is 0. The number of ether oxygens (including phenoxy) is 3. The van der Waals surface area contributed by atoms with E-state index in [9.17, 15) is 13.7 Å². The number of sulfonamides is 1. The van der Waals surface area contributed by atoms with Crippen molar-refractivity contribution in [3.8, 4) is 23.3 Å². The predicted molar refractivity (Wildman–Crippen MR) is 156 cm³/mol. The van der Waals surface area contributed by atoms with Crippen LogP contribution in [0.4, 0.5) is 0 Å². The van der Waals surface area contributed by atoms with Gasteiger partial charge in [0.05, 0.1) is 31.6 Å². The van der Waals surface area contributed by atoms with Gasteiger partial charge in [0.2, 0.25) is 10.0 Å². The average Bonchev–Trinajstić information content (AvgIpc) is 3.24. The number of unbranched alkanes of at least 4 members (excludes halogenated alkanes) is 1. The van der Waals surface area contributed by atoms with E-state index in [-0.39, 0.29) is 11.9 Å². The van der Waals surface area contributed by atoms with E-state index >= 15 is 0 Å². The smallest absolute Gasteiger partial charge is 0.214 e. The molecule has 2 fully saturated rings. The van der Waals surface area contributed by atoms with E-state index in [0.717, 1.165) is 50.6 Å². The quantitative estimate of drug-likeness (QED) is 0.307. The van der Waals surface area contributed by atoms with E-state index in [2.05, 4.69) is 18.0 Å². The molecule has 0 spiro atoms. The highest BCUT2D eigenvalue weighted by atomic mass is 32.2. The van der Waals surface area contributed by atoms with Gasteiger partial charge in [-0.25, -0.2) is 12.7 Å². The van der Waals surface area contributed by atoms with Gasteiger partial charge in [-0.05, 0) is 87.4 Å². The molecule has 1 saturated carbocycles. The largest absolute Gasteiger partial charge is 0.493 e. The van der Waals surface area contributed by atoms with Gasteiger partial charge in [-0.1, -0.05) is 25.5 Å². The second-order valence-electron chi connectivity index (χ2n) is 11.1. The fourth-order valence-electron chi connectivity index (χ4n) is 6.35. The number of piperidine rings is 1. The van der Waals surface area contributed by atoms with Crippen LogP contribution in [0.25, 0.3) is 0 Å². The molecule has 1 saturated heterocycles. The summed E-state index contributed by atoms with van der Waals surface area (Å²) in [4.78, 5) is 2.45. The van der Waals surface area contributed by atoms with Crippen molar-refractivity contribution in [2.45, 2.75) is 57.6 Å². The Morgan fingerprint density at radius 2 is 1.70 bits per heavy atom. The van der Waals surface area contributed by atoms with Gasteiger partial charge in [0.1, 0.15) is 11.9 Å². The fraction of sp³-hybridized carbons (Fsp3) is 0.581. The van der Waals surface area contributed by atoms with Gasteiger partial charge in [-0.3, -0.25) is 0 Å². The Bertz CT molecular complexity index is 1250. The van der Waals surface area contributed by atoms with Crippen molar-refractivity contribution >= 4 is 10.0 Å². The number of hydrogen-bond acceptors (Lipinski definition) is 7. The molecule has 0 aromatic heterocycles. The van der Waals surface area contributed by atoms with Crippen molar-refractivity contribution in [2.24, 2.45) is 11.8 Å². The van der Waals surface area contributed by atoms with E-state index in [1.54, 1.807) is 18.5 Å². The molecule has 0 amide bonds. The lowest BCUT2D eigenvalue weighted by Crippen LogP contribution is -2.53. The third-order valence-corrected chi connectivity index (χ3v) is 10.3. The summed E-state index contributed by atoms with van der Waals surface area (Å²) in [7, 11) is 2.23. The molecule has 2 aliphatic rings. The second kappa shape index (κ2) is 13.7. The molecule has 1 heterocycles. The van der Waals surface area contributed by atoms with Crippen LogP contribution in [0.2, 0.25) is 0 Å². The Labute approximate surface area is 239 Å². The average molecular weight is 570 g/mol. The molecular formula is C31H43N3O5S. The maximum absolute atomic E-state index is 12.9. The van der Waals surface area contributed by atoms with Crippen LogP contribution in [0.1, 0.15) is 62.7 Å². The molecule has 0 N–H and O–H groups in total. The highest BCUT2D eigenvalue weighted by molar-refractivity contribution is 7.89. The molecule has 1 aliphatic heterocycles. The lowest BCUT2D eigenvalue weighted by Gasteiger charge is -2.42.